The fourth-order valence-corrected chi connectivity index (χ4v) is 2.52. The highest BCUT2D eigenvalue weighted by molar-refractivity contribution is 8.15. The van der Waals surface area contributed by atoms with E-state index in [-0.39, 0.29) is 12.5 Å². The van der Waals surface area contributed by atoms with Crippen molar-refractivity contribution in [3.8, 4) is 0 Å². The van der Waals surface area contributed by atoms with E-state index in [2.05, 4.69) is 9.50 Å². The van der Waals surface area contributed by atoms with Crippen molar-refractivity contribution >= 4 is 17.1 Å². The van der Waals surface area contributed by atoms with E-state index in [4.69, 9.17) is 13.7 Å². The molecule has 0 aliphatic carbocycles. The predicted molar refractivity (Wildman–Crippen MR) is 76.9 cm³/mol. The summed E-state index contributed by atoms with van der Waals surface area (Å²) >= 11 is -3.95. The fraction of sp³-hybridized carbons (Fsp3) is 0.917. The Hall–Kier alpha value is -0.340. The van der Waals surface area contributed by atoms with Crippen molar-refractivity contribution in [2.75, 3.05) is 13.2 Å². The lowest BCUT2D eigenvalue weighted by molar-refractivity contribution is -0.131. The van der Waals surface area contributed by atoms with Crippen molar-refractivity contribution in [3.05, 3.63) is 0 Å². The van der Waals surface area contributed by atoms with E-state index in [9.17, 15) is 4.79 Å². The lowest BCUT2D eigenvalue weighted by Gasteiger charge is -2.35. The maximum atomic E-state index is 12.0. The van der Waals surface area contributed by atoms with Crippen molar-refractivity contribution < 1.29 is 22.6 Å². The summed E-state index contributed by atoms with van der Waals surface area (Å²) in [5.41, 5.74) is -1.07. The van der Waals surface area contributed by atoms with Crippen LogP contribution in [0, 0.1) is 10.8 Å². The molecule has 19 heavy (non-hydrogen) atoms. The van der Waals surface area contributed by atoms with E-state index in [0.29, 0.717) is 13.0 Å². The largest absolute Gasteiger partial charge is 0.356 e. The third-order valence-electron chi connectivity index (χ3n) is 2.68. The lowest BCUT2D eigenvalue weighted by Crippen LogP contribution is -2.41. The number of hydrogen-bond donors (Lipinski definition) is 4. The Morgan fingerprint density at radius 1 is 1.21 bits per heavy atom. The average molecular weight is 297 g/mol. The normalized spacial score (nSPS) is 14.3. The van der Waals surface area contributed by atoms with Crippen molar-refractivity contribution in [3.63, 3.8) is 0 Å². The Morgan fingerprint density at radius 2 is 1.74 bits per heavy atom. The molecular formula is C12H27NO5S. The van der Waals surface area contributed by atoms with E-state index in [1.54, 1.807) is 0 Å². The minimum Gasteiger partial charge on any atom is -0.356 e. The van der Waals surface area contributed by atoms with Gasteiger partial charge in [-0.2, -0.15) is 0 Å². The molecule has 0 heterocycles. The molecule has 0 rings (SSSR count). The van der Waals surface area contributed by atoms with E-state index in [1.165, 1.54) is 0 Å². The molecule has 0 aromatic carbocycles. The molecule has 0 aromatic rings. The highest BCUT2D eigenvalue weighted by atomic mass is 32.3. The quantitative estimate of drug-likeness (QED) is 0.551. The number of carbonyl (C=O) groups excluding carboxylic acids is 1. The number of carbonyl (C=O) groups is 1. The summed E-state index contributed by atoms with van der Waals surface area (Å²) in [6.45, 7) is 9.91. The van der Waals surface area contributed by atoms with E-state index in [1.807, 2.05) is 34.6 Å². The van der Waals surface area contributed by atoms with Crippen LogP contribution in [0.15, 0.2) is 0 Å². The molecule has 0 fully saturated rings. The van der Waals surface area contributed by atoms with Gasteiger partial charge in [-0.1, -0.05) is 34.6 Å². The first-order chi connectivity index (χ1) is 8.40. The van der Waals surface area contributed by atoms with Crippen molar-refractivity contribution in [1.29, 1.82) is 0 Å². The van der Waals surface area contributed by atoms with Crippen LogP contribution in [-0.4, -0.2) is 32.7 Å². The minimum atomic E-state index is -3.95. The number of hydrogen-bond acceptors (Lipinski definition) is 5. The summed E-state index contributed by atoms with van der Waals surface area (Å²) in [5, 5.41) is 2.84. The molecule has 116 valence electrons. The van der Waals surface area contributed by atoms with Crippen molar-refractivity contribution in [1.82, 2.24) is 5.32 Å². The molecule has 0 unspecified atom stereocenters. The van der Waals surface area contributed by atoms with Gasteiger partial charge in [-0.05, 0) is 18.3 Å². The van der Waals surface area contributed by atoms with E-state index >= 15 is 0 Å². The van der Waals surface area contributed by atoms with E-state index < -0.39 is 22.0 Å². The van der Waals surface area contributed by atoms with Crippen molar-refractivity contribution in [2.24, 2.45) is 10.8 Å². The zero-order valence-electron chi connectivity index (χ0n) is 12.4. The van der Waals surface area contributed by atoms with E-state index in [0.717, 1.165) is 6.42 Å². The second-order valence-electron chi connectivity index (χ2n) is 6.21. The fourth-order valence-electron chi connectivity index (χ4n) is 2.04. The van der Waals surface area contributed by atoms with Gasteiger partial charge in [-0.15, -0.1) is 0 Å². The van der Waals surface area contributed by atoms with Gasteiger partial charge in [0.2, 0.25) is 17.1 Å². The van der Waals surface area contributed by atoms with Gasteiger partial charge in [-0.3, -0.25) is 22.6 Å². The third kappa shape index (κ3) is 8.43. The van der Waals surface area contributed by atoms with Gasteiger partial charge < -0.3 is 5.32 Å². The van der Waals surface area contributed by atoms with Gasteiger partial charge >= 0.3 is 0 Å². The van der Waals surface area contributed by atoms with Crippen LogP contribution in [0.5, 0.6) is 0 Å². The Labute approximate surface area is 117 Å². The van der Waals surface area contributed by atoms with Crippen molar-refractivity contribution in [2.45, 2.75) is 47.5 Å². The van der Waals surface area contributed by atoms with Crippen LogP contribution >= 0.6 is 11.2 Å². The maximum Gasteiger partial charge on any atom is 0.225 e. The first-order valence-corrected chi connectivity index (χ1v) is 7.76. The molecular weight excluding hydrogens is 270 g/mol. The van der Waals surface area contributed by atoms with Crippen LogP contribution in [0.1, 0.15) is 47.5 Å². The minimum absolute atomic E-state index is 0.0435. The standard InChI is InChI=1S/C12H27NO5S/c1-6-7-13-10(14)12(4,5)8-11(2,3)9-18-19(15,16)17/h15-17H,6-9H2,1-5H3,(H,13,14). The summed E-state index contributed by atoms with van der Waals surface area (Å²) < 4.78 is 31.0. The first kappa shape index (κ1) is 18.7. The average Bonchev–Trinajstić information content (AvgIpc) is 2.21. The molecule has 0 saturated carbocycles. The van der Waals surface area contributed by atoms with Crippen LogP contribution in [0.4, 0.5) is 0 Å². The lowest BCUT2D eigenvalue weighted by atomic mass is 9.75. The molecule has 0 bridgehead atoms. The zero-order chi connectivity index (χ0) is 15.3. The highest BCUT2D eigenvalue weighted by Crippen LogP contribution is 2.40. The first-order valence-electron chi connectivity index (χ1n) is 6.33. The Bertz CT molecular complexity index is 299. The summed E-state index contributed by atoms with van der Waals surface area (Å²) in [6, 6.07) is 0. The molecule has 7 heteroatoms. The molecule has 0 spiro atoms. The molecule has 0 saturated heterocycles. The Balaban J connectivity index is 4.49. The summed E-state index contributed by atoms with van der Waals surface area (Å²) in [6.07, 6.45) is 1.37. The zero-order valence-corrected chi connectivity index (χ0v) is 13.2. The summed E-state index contributed by atoms with van der Waals surface area (Å²) in [5.74, 6) is -0.0435. The van der Waals surface area contributed by atoms with Gasteiger partial charge in [0.25, 0.3) is 0 Å². The van der Waals surface area contributed by atoms with Crippen LogP contribution in [0.3, 0.4) is 0 Å². The van der Waals surface area contributed by atoms with Gasteiger partial charge in [0, 0.05) is 12.0 Å². The summed E-state index contributed by atoms with van der Waals surface area (Å²) in [4.78, 5) is 12.0. The van der Waals surface area contributed by atoms with Crippen LogP contribution in [0.2, 0.25) is 0 Å². The monoisotopic (exact) mass is 297 g/mol. The molecule has 1 amide bonds. The second-order valence-corrected chi connectivity index (χ2v) is 7.38. The van der Waals surface area contributed by atoms with Gasteiger partial charge in [0.05, 0.1) is 6.61 Å². The molecule has 0 aromatic heterocycles. The summed E-state index contributed by atoms with van der Waals surface area (Å²) in [7, 11) is 0. The number of amides is 1. The second kappa shape index (κ2) is 6.90. The third-order valence-corrected chi connectivity index (χ3v) is 3.11. The molecule has 0 atom stereocenters. The highest BCUT2D eigenvalue weighted by Gasteiger charge is 2.35. The molecule has 0 aliphatic heterocycles. The van der Waals surface area contributed by atoms with Crippen LogP contribution < -0.4 is 5.32 Å². The molecule has 0 radical (unpaired) electrons. The topological polar surface area (TPSA) is 99.0 Å². The van der Waals surface area contributed by atoms with Gasteiger partial charge in [0.15, 0.2) is 0 Å². The predicted octanol–water partition coefficient (Wildman–Crippen LogP) is 3.11. The Kier molecular flexibility index (Phi) is 6.77. The SMILES string of the molecule is CCCNC(=O)C(C)(C)CC(C)(C)COS(O)(O)O. The number of rotatable bonds is 8. The van der Waals surface area contributed by atoms with Gasteiger partial charge in [0.1, 0.15) is 0 Å². The van der Waals surface area contributed by atoms with Gasteiger partial charge in [-0.25, -0.2) is 0 Å². The molecule has 4 N–H and O–H groups in total. The molecule has 6 nitrogen and oxygen atoms in total. The maximum absolute atomic E-state index is 12.0. The molecule has 0 aliphatic rings. The van der Waals surface area contributed by atoms with Crippen LogP contribution in [0.25, 0.3) is 0 Å². The Morgan fingerprint density at radius 3 is 2.16 bits per heavy atom. The van der Waals surface area contributed by atoms with Crippen LogP contribution in [-0.2, 0) is 8.98 Å². The number of nitrogens with one attached hydrogen (secondary N) is 1. The smallest absolute Gasteiger partial charge is 0.225 e.